The van der Waals surface area contributed by atoms with Crippen molar-refractivity contribution in [2.24, 2.45) is 7.05 Å². The van der Waals surface area contributed by atoms with Gasteiger partial charge in [0.15, 0.2) is 11.5 Å². The maximum absolute atomic E-state index is 14.1. The summed E-state index contributed by atoms with van der Waals surface area (Å²) in [7, 11) is 1.81. The number of nitrogen functional groups attached to an aromatic ring is 1. The monoisotopic (exact) mass is 529 g/mol. The molecule has 0 saturated heterocycles. The topological polar surface area (TPSA) is 138 Å². The number of carbonyl (C=O) groups excluding carboxylic acids is 1. The highest BCUT2D eigenvalue weighted by molar-refractivity contribution is 6.04. The molecule has 5 heterocycles. The summed E-state index contributed by atoms with van der Waals surface area (Å²) < 4.78 is 4.68. The minimum atomic E-state index is -0.616. The molecule has 0 spiro atoms. The van der Waals surface area contributed by atoms with Gasteiger partial charge in [0.2, 0.25) is 0 Å². The van der Waals surface area contributed by atoms with E-state index in [0.717, 1.165) is 5.56 Å². The first kappa shape index (κ1) is 24.6. The van der Waals surface area contributed by atoms with Crippen molar-refractivity contribution in [3.8, 4) is 17.5 Å². The van der Waals surface area contributed by atoms with E-state index in [4.69, 9.17) is 5.73 Å². The fraction of sp³-hybridized carbons (Fsp3) is 0.103. The number of rotatable bonds is 4. The van der Waals surface area contributed by atoms with Crippen LogP contribution in [0.5, 0.6) is 0 Å². The first-order valence-corrected chi connectivity index (χ1v) is 12.4. The molecule has 0 unspecified atom stereocenters. The fourth-order valence-corrected chi connectivity index (χ4v) is 4.60. The molecular weight excluding hydrogens is 506 g/mol. The maximum atomic E-state index is 14.1. The van der Waals surface area contributed by atoms with Gasteiger partial charge in [0.05, 0.1) is 34.4 Å². The van der Waals surface area contributed by atoms with E-state index < -0.39 is 11.9 Å². The Labute approximate surface area is 227 Å². The Balaban J connectivity index is 1.48. The molecule has 0 bridgehead atoms. The largest absolute Gasteiger partial charge is 0.381 e. The van der Waals surface area contributed by atoms with E-state index in [2.05, 4.69) is 37.3 Å². The molecule has 0 aliphatic rings. The lowest BCUT2D eigenvalue weighted by molar-refractivity contribution is 0.0941. The van der Waals surface area contributed by atoms with Crippen molar-refractivity contribution in [3.05, 3.63) is 112 Å². The van der Waals surface area contributed by atoms with E-state index >= 15 is 0 Å². The Morgan fingerprint density at radius 3 is 2.67 bits per heavy atom. The molecule has 0 fully saturated rings. The lowest BCUT2D eigenvalue weighted by atomic mass is 10.1. The number of anilines is 1. The number of hydrogen-bond donors (Lipinski definition) is 2. The number of nitrogens with zero attached hydrogens (tertiary/aromatic N) is 7. The third-order valence-corrected chi connectivity index (χ3v) is 6.44. The van der Waals surface area contributed by atoms with Crippen LogP contribution >= 0.6 is 0 Å². The van der Waals surface area contributed by atoms with Crippen LogP contribution in [0.4, 0.5) is 5.82 Å². The summed E-state index contributed by atoms with van der Waals surface area (Å²) in [5.41, 5.74) is 9.15. The van der Waals surface area contributed by atoms with Crippen molar-refractivity contribution in [3.63, 3.8) is 0 Å². The third kappa shape index (κ3) is 4.33. The number of amides is 1. The van der Waals surface area contributed by atoms with Crippen LogP contribution in [0.15, 0.2) is 84.3 Å². The van der Waals surface area contributed by atoms with Crippen LogP contribution in [0.25, 0.3) is 22.2 Å². The molecule has 196 valence electrons. The summed E-state index contributed by atoms with van der Waals surface area (Å²) in [5, 5.41) is 11.7. The van der Waals surface area contributed by atoms with E-state index in [1.54, 1.807) is 65.4 Å². The molecule has 5 aromatic heterocycles. The molecule has 0 aliphatic carbocycles. The van der Waals surface area contributed by atoms with Crippen molar-refractivity contribution in [2.75, 3.05) is 5.73 Å². The van der Waals surface area contributed by atoms with Gasteiger partial charge in [-0.15, -0.1) is 5.10 Å². The smallest absolute Gasteiger partial charge is 0.266 e. The summed E-state index contributed by atoms with van der Waals surface area (Å²) in [6, 6.07) is 13.8. The summed E-state index contributed by atoms with van der Waals surface area (Å²) in [6.07, 6.45) is 8.30. The Bertz CT molecular complexity index is 2030. The van der Waals surface area contributed by atoms with Gasteiger partial charge in [-0.2, -0.15) is 5.10 Å². The van der Waals surface area contributed by atoms with Crippen LogP contribution in [0, 0.1) is 11.8 Å². The van der Waals surface area contributed by atoms with Gasteiger partial charge in [-0.25, -0.2) is 9.50 Å². The van der Waals surface area contributed by atoms with Crippen LogP contribution < -0.4 is 16.6 Å². The molecule has 6 aromatic rings. The number of aromatic nitrogens is 7. The summed E-state index contributed by atoms with van der Waals surface area (Å²) in [6.45, 7) is 1.79. The van der Waals surface area contributed by atoms with Gasteiger partial charge in [-0.05, 0) is 37.3 Å². The summed E-state index contributed by atoms with van der Waals surface area (Å²) in [4.78, 5) is 36.2. The molecule has 0 radical (unpaired) electrons. The van der Waals surface area contributed by atoms with Crippen molar-refractivity contribution < 1.29 is 4.79 Å². The number of carbonyl (C=O) groups is 1. The maximum Gasteiger partial charge on any atom is 0.266 e. The standard InChI is InChI=1S/C29H23N9O2/c1-18(34-28(39)25-26(30)35-37-14-6-12-32-27(25)37)23-15-22-24(29(40)38(23)21-7-4-3-5-8-21)20(11-13-31-22)10-9-19-16-33-36(2)17-19/h3-8,11-18H,1-2H3,(H2,30,35)(H,34,39)/t18-/m1/s1. The third-order valence-electron chi connectivity index (χ3n) is 6.44. The molecule has 6 rings (SSSR count). The molecule has 1 atom stereocenters. The highest BCUT2D eigenvalue weighted by Crippen LogP contribution is 2.23. The Morgan fingerprint density at radius 1 is 1.07 bits per heavy atom. The van der Waals surface area contributed by atoms with E-state index in [9.17, 15) is 9.59 Å². The number of hydrogen-bond acceptors (Lipinski definition) is 7. The Kier molecular flexibility index (Phi) is 6.05. The van der Waals surface area contributed by atoms with Crippen LogP contribution in [0.3, 0.4) is 0 Å². The number of nitrogens with two attached hydrogens (primary N) is 1. The second-order valence-electron chi connectivity index (χ2n) is 9.16. The van der Waals surface area contributed by atoms with Gasteiger partial charge < -0.3 is 11.1 Å². The molecule has 1 amide bonds. The molecular formula is C29H23N9O2. The predicted octanol–water partition coefficient (Wildman–Crippen LogP) is 2.63. The van der Waals surface area contributed by atoms with Crippen molar-refractivity contribution in [2.45, 2.75) is 13.0 Å². The van der Waals surface area contributed by atoms with Crippen LogP contribution in [0.1, 0.15) is 40.1 Å². The molecule has 40 heavy (non-hydrogen) atoms. The average Bonchev–Trinajstić information content (AvgIpc) is 3.53. The van der Waals surface area contributed by atoms with Gasteiger partial charge in [0.25, 0.3) is 11.5 Å². The predicted molar refractivity (Wildman–Crippen MR) is 150 cm³/mol. The van der Waals surface area contributed by atoms with Crippen molar-refractivity contribution in [1.82, 2.24) is 39.2 Å². The van der Waals surface area contributed by atoms with Crippen molar-refractivity contribution >= 4 is 28.3 Å². The number of pyridine rings is 2. The lowest BCUT2D eigenvalue weighted by Crippen LogP contribution is -2.32. The number of para-hydroxylation sites is 1. The Morgan fingerprint density at radius 2 is 1.90 bits per heavy atom. The van der Waals surface area contributed by atoms with Crippen molar-refractivity contribution in [1.29, 1.82) is 0 Å². The fourth-order valence-electron chi connectivity index (χ4n) is 4.60. The van der Waals surface area contributed by atoms with Crippen LogP contribution in [-0.4, -0.2) is 39.8 Å². The van der Waals surface area contributed by atoms with Crippen LogP contribution in [-0.2, 0) is 7.05 Å². The van der Waals surface area contributed by atoms with E-state index in [0.29, 0.717) is 33.5 Å². The summed E-state index contributed by atoms with van der Waals surface area (Å²) in [5.74, 6) is 5.76. The minimum absolute atomic E-state index is 0.0564. The zero-order valence-corrected chi connectivity index (χ0v) is 21.6. The molecule has 11 nitrogen and oxygen atoms in total. The lowest BCUT2D eigenvalue weighted by Gasteiger charge is -2.21. The van der Waals surface area contributed by atoms with Crippen LogP contribution in [0.2, 0.25) is 0 Å². The highest BCUT2D eigenvalue weighted by atomic mass is 16.2. The minimum Gasteiger partial charge on any atom is -0.381 e. The zero-order chi connectivity index (χ0) is 27.8. The van der Waals surface area contributed by atoms with E-state index in [1.165, 1.54) is 4.52 Å². The molecule has 3 N–H and O–H groups in total. The second-order valence-corrected chi connectivity index (χ2v) is 9.16. The van der Waals surface area contributed by atoms with Gasteiger partial charge in [-0.3, -0.25) is 23.8 Å². The first-order chi connectivity index (χ1) is 19.4. The van der Waals surface area contributed by atoms with E-state index in [1.807, 2.05) is 37.4 Å². The Hall–Kier alpha value is -5.76. The molecule has 11 heteroatoms. The first-order valence-electron chi connectivity index (χ1n) is 12.4. The number of nitrogens with one attached hydrogen (secondary N) is 1. The SMILES string of the molecule is C[C@@H](NC(=O)c1c(N)nn2cccnc12)c1cc2nccc(C#Cc3cnn(C)c3)c2c(=O)n1-c1ccccc1. The second kappa shape index (κ2) is 9.85. The normalized spacial score (nSPS) is 11.8. The van der Waals surface area contributed by atoms with Gasteiger partial charge in [0.1, 0.15) is 5.56 Å². The molecule has 0 saturated carbocycles. The quantitative estimate of drug-likeness (QED) is 0.335. The van der Waals surface area contributed by atoms with Gasteiger partial charge in [0, 0.05) is 43.1 Å². The highest BCUT2D eigenvalue weighted by Gasteiger charge is 2.24. The number of fused-ring (bicyclic) bond motifs is 2. The number of aryl methyl sites for hydroxylation is 1. The number of benzene rings is 1. The summed E-state index contributed by atoms with van der Waals surface area (Å²) >= 11 is 0. The average molecular weight is 530 g/mol. The van der Waals surface area contributed by atoms with Gasteiger partial charge in [-0.1, -0.05) is 30.0 Å². The van der Waals surface area contributed by atoms with Gasteiger partial charge >= 0.3 is 0 Å². The molecule has 0 aliphatic heterocycles. The molecule has 1 aromatic carbocycles. The van der Waals surface area contributed by atoms with E-state index in [-0.39, 0.29) is 16.9 Å². The zero-order valence-electron chi connectivity index (χ0n) is 21.6.